The van der Waals surface area contributed by atoms with Crippen molar-refractivity contribution < 1.29 is 19.0 Å². The highest BCUT2D eigenvalue weighted by molar-refractivity contribution is 6.74. The maximum absolute atomic E-state index is 8.77. The second-order valence-electron chi connectivity index (χ2n) is 7.12. The van der Waals surface area contributed by atoms with E-state index in [1.807, 2.05) is 0 Å². The number of rotatable bonds is 7. The highest BCUT2D eigenvalue weighted by Crippen LogP contribution is 2.38. The average molecular weight is 305 g/mol. The summed E-state index contributed by atoms with van der Waals surface area (Å²) in [4.78, 5) is 0. The number of hydrogen-bond acceptors (Lipinski definition) is 4. The zero-order valence-electron chi connectivity index (χ0n) is 13.8. The van der Waals surface area contributed by atoms with Crippen LogP contribution in [0.5, 0.6) is 0 Å². The molecule has 1 rings (SSSR count). The summed E-state index contributed by atoms with van der Waals surface area (Å²) in [5, 5.41) is 8.98. The molecule has 0 radical (unpaired) electrons. The van der Waals surface area contributed by atoms with Gasteiger partial charge in [-0.2, -0.15) is 0 Å². The largest absolute Gasteiger partial charge is 0.411 e. The molecule has 0 aromatic rings. The first-order valence-electron chi connectivity index (χ1n) is 7.76. The van der Waals surface area contributed by atoms with Crippen LogP contribution in [0.1, 0.15) is 40.0 Å². The fourth-order valence-corrected chi connectivity index (χ4v) is 3.40. The van der Waals surface area contributed by atoms with Crippen molar-refractivity contribution in [3.63, 3.8) is 0 Å². The minimum absolute atomic E-state index is 0.0385. The van der Waals surface area contributed by atoms with Crippen LogP contribution in [-0.4, -0.2) is 52.1 Å². The minimum atomic E-state index is -1.76. The van der Waals surface area contributed by atoms with Crippen molar-refractivity contribution in [2.24, 2.45) is 0 Å². The van der Waals surface area contributed by atoms with Crippen LogP contribution in [0.4, 0.5) is 0 Å². The van der Waals surface area contributed by atoms with Crippen LogP contribution in [0.2, 0.25) is 18.1 Å². The Morgan fingerprint density at radius 3 is 2.60 bits per heavy atom. The molecule has 0 aliphatic carbocycles. The minimum Gasteiger partial charge on any atom is -0.411 e. The van der Waals surface area contributed by atoms with E-state index in [0.717, 1.165) is 19.4 Å². The van der Waals surface area contributed by atoms with Gasteiger partial charge in [0.1, 0.15) is 6.10 Å². The van der Waals surface area contributed by atoms with E-state index in [9.17, 15) is 0 Å². The molecule has 120 valence electrons. The quantitative estimate of drug-likeness (QED) is 0.580. The normalized spacial score (nSPS) is 24.9. The average Bonchev–Trinajstić information content (AvgIpc) is 2.35. The molecule has 1 heterocycles. The molecular formula is C15H32O4Si. The second-order valence-corrected chi connectivity index (χ2v) is 11.9. The topological polar surface area (TPSA) is 47.9 Å². The van der Waals surface area contributed by atoms with Gasteiger partial charge in [-0.1, -0.05) is 20.8 Å². The van der Waals surface area contributed by atoms with Crippen LogP contribution in [0.15, 0.2) is 0 Å². The van der Waals surface area contributed by atoms with Crippen molar-refractivity contribution in [2.75, 3.05) is 26.4 Å². The first kappa shape index (κ1) is 18.1. The molecule has 1 saturated heterocycles. The lowest BCUT2D eigenvalue weighted by molar-refractivity contribution is -0.103. The molecule has 20 heavy (non-hydrogen) atoms. The summed E-state index contributed by atoms with van der Waals surface area (Å²) in [6.07, 6.45) is 2.99. The molecule has 2 atom stereocenters. The molecule has 5 heteroatoms. The van der Waals surface area contributed by atoms with Crippen LogP contribution in [-0.2, 0) is 13.9 Å². The summed E-state index contributed by atoms with van der Waals surface area (Å²) in [6, 6.07) is 0. The molecule has 4 nitrogen and oxygen atoms in total. The third-order valence-corrected chi connectivity index (χ3v) is 8.87. The van der Waals surface area contributed by atoms with E-state index in [4.69, 9.17) is 19.0 Å². The van der Waals surface area contributed by atoms with E-state index < -0.39 is 8.32 Å². The lowest BCUT2D eigenvalue weighted by atomic mass is 10.1. The zero-order valence-corrected chi connectivity index (χ0v) is 14.8. The Morgan fingerprint density at radius 1 is 1.30 bits per heavy atom. The van der Waals surface area contributed by atoms with Gasteiger partial charge in [-0.05, 0) is 37.4 Å². The van der Waals surface area contributed by atoms with Gasteiger partial charge < -0.3 is 19.0 Å². The molecule has 1 fully saturated rings. The summed E-state index contributed by atoms with van der Waals surface area (Å²) >= 11 is 0. The van der Waals surface area contributed by atoms with E-state index in [0.29, 0.717) is 19.6 Å². The highest BCUT2D eigenvalue weighted by Gasteiger charge is 2.41. The molecule has 0 unspecified atom stereocenters. The summed E-state index contributed by atoms with van der Waals surface area (Å²) in [5.41, 5.74) is 0. The Kier molecular flexibility index (Phi) is 7.15. The summed E-state index contributed by atoms with van der Waals surface area (Å²) < 4.78 is 17.9. The van der Waals surface area contributed by atoms with Gasteiger partial charge in [-0.25, -0.2) is 0 Å². The van der Waals surface area contributed by atoms with Gasteiger partial charge in [-0.15, -0.1) is 0 Å². The molecule has 0 aromatic heterocycles. The van der Waals surface area contributed by atoms with Gasteiger partial charge >= 0.3 is 0 Å². The summed E-state index contributed by atoms with van der Waals surface area (Å²) in [7, 11) is -1.76. The molecule has 0 spiro atoms. The smallest absolute Gasteiger partial charge is 0.192 e. The van der Waals surface area contributed by atoms with E-state index in [1.165, 1.54) is 0 Å². The lowest BCUT2D eigenvalue weighted by Crippen LogP contribution is -2.50. The van der Waals surface area contributed by atoms with Crippen LogP contribution in [0.3, 0.4) is 0 Å². The van der Waals surface area contributed by atoms with Crippen molar-refractivity contribution in [1.29, 1.82) is 0 Å². The number of hydrogen-bond donors (Lipinski definition) is 1. The molecule has 1 aliphatic heterocycles. The van der Waals surface area contributed by atoms with E-state index in [-0.39, 0.29) is 23.9 Å². The van der Waals surface area contributed by atoms with Crippen LogP contribution in [0.25, 0.3) is 0 Å². The lowest BCUT2D eigenvalue weighted by Gasteiger charge is -2.42. The van der Waals surface area contributed by atoms with Crippen molar-refractivity contribution in [2.45, 2.75) is 70.4 Å². The van der Waals surface area contributed by atoms with Gasteiger partial charge in [0.25, 0.3) is 0 Å². The number of aliphatic hydroxyl groups excluding tert-OH is 1. The van der Waals surface area contributed by atoms with Crippen LogP contribution in [0, 0.1) is 0 Å². The van der Waals surface area contributed by atoms with Gasteiger partial charge in [-0.3, -0.25) is 0 Å². The van der Waals surface area contributed by atoms with E-state index >= 15 is 0 Å². The number of ether oxygens (including phenoxy) is 2. The monoisotopic (exact) mass is 304 g/mol. The predicted molar refractivity (Wildman–Crippen MR) is 83.6 cm³/mol. The molecule has 0 aromatic carbocycles. The Hall–Kier alpha value is 0.0569. The van der Waals surface area contributed by atoms with E-state index in [2.05, 4.69) is 33.9 Å². The van der Waals surface area contributed by atoms with Gasteiger partial charge in [0.15, 0.2) is 8.32 Å². The summed E-state index contributed by atoms with van der Waals surface area (Å²) in [5.74, 6) is 0. The Labute approximate surface area is 124 Å². The molecule has 1 N–H and O–H groups in total. The van der Waals surface area contributed by atoms with Gasteiger partial charge in [0.05, 0.1) is 12.7 Å². The molecule has 0 saturated carbocycles. The first-order valence-corrected chi connectivity index (χ1v) is 10.7. The highest BCUT2D eigenvalue weighted by atomic mass is 28.4. The van der Waals surface area contributed by atoms with Gasteiger partial charge in [0, 0.05) is 19.8 Å². The van der Waals surface area contributed by atoms with Gasteiger partial charge in [0.2, 0.25) is 0 Å². The second kappa shape index (κ2) is 7.89. The fraction of sp³-hybridized carbons (Fsp3) is 1.00. The van der Waals surface area contributed by atoms with Crippen LogP contribution >= 0.6 is 0 Å². The molecule has 0 bridgehead atoms. The fourth-order valence-electron chi connectivity index (χ4n) is 2.02. The van der Waals surface area contributed by atoms with Crippen molar-refractivity contribution >= 4 is 8.32 Å². The van der Waals surface area contributed by atoms with Crippen molar-refractivity contribution in [1.82, 2.24) is 0 Å². The Morgan fingerprint density at radius 2 is 2.00 bits per heavy atom. The standard InChI is InChI=1S/C15H32O4Si/c1-15(2,3)20(4,5)19-13-8-6-11-18-14(13)12-17-10-7-9-16/h13-14,16H,6-12H2,1-5H3/t13-,14-/m1/s1. The molecule has 0 amide bonds. The third kappa shape index (κ3) is 5.45. The Bertz CT molecular complexity index is 276. The number of aliphatic hydroxyl groups is 1. The van der Waals surface area contributed by atoms with Crippen molar-refractivity contribution in [3.8, 4) is 0 Å². The zero-order chi connectivity index (χ0) is 15.2. The first-order chi connectivity index (χ1) is 9.28. The Balaban J connectivity index is 2.51. The maximum Gasteiger partial charge on any atom is 0.192 e. The maximum atomic E-state index is 8.77. The van der Waals surface area contributed by atoms with E-state index in [1.54, 1.807) is 0 Å². The van der Waals surface area contributed by atoms with Crippen LogP contribution < -0.4 is 0 Å². The SMILES string of the molecule is CC(C)(C)[Si](C)(C)O[C@@H]1CCCO[C@@H]1COCCCO. The van der Waals surface area contributed by atoms with Crippen molar-refractivity contribution in [3.05, 3.63) is 0 Å². The molecular weight excluding hydrogens is 272 g/mol. The summed E-state index contributed by atoms with van der Waals surface area (Å²) in [6.45, 7) is 13.5. The predicted octanol–water partition coefficient (Wildman–Crippen LogP) is 2.95. The molecule has 1 aliphatic rings. The third-order valence-electron chi connectivity index (χ3n) is 4.36.